The highest BCUT2D eigenvalue weighted by atomic mass is 31.2. The molecule has 3 unspecified atom stereocenters. The van der Waals surface area contributed by atoms with Crippen molar-refractivity contribution in [2.75, 3.05) is 0 Å². The molecule has 1 aliphatic heterocycles. The van der Waals surface area contributed by atoms with E-state index in [4.69, 9.17) is 4.89 Å². The van der Waals surface area contributed by atoms with Gasteiger partial charge in [-0.15, -0.1) is 0 Å². The van der Waals surface area contributed by atoms with E-state index >= 15 is 0 Å². The summed E-state index contributed by atoms with van der Waals surface area (Å²) in [6.07, 6.45) is -0.316. The van der Waals surface area contributed by atoms with Gasteiger partial charge in [-0.25, -0.2) is 0 Å². The zero-order valence-electron chi connectivity index (χ0n) is 4.27. The van der Waals surface area contributed by atoms with Gasteiger partial charge in [0.05, 0.1) is 6.10 Å². The van der Waals surface area contributed by atoms with Crippen LogP contribution in [0.25, 0.3) is 0 Å². The van der Waals surface area contributed by atoms with Gasteiger partial charge in [-0.2, -0.15) is 0 Å². The van der Waals surface area contributed by atoms with E-state index < -0.39 is 13.4 Å². The van der Waals surface area contributed by atoms with Gasteiger partial charge in [-0.1, -0.05) is 0 Å². The molecule has 1 rings (SSSR count). The quantitative estimate of drug-likeness (QED) is 0.382. The molecule has 0 aliphatic carbocycles. The minimum atomic E-state index is -4.15. The van der Waals surface area contributed by atoms with Gasteiger partial charge in [0.1, 0.15) is 5.85 Å². The number of ether oxygens (including phenoxy) is 1. The zero-order chi connectivity index (χ0) is 6.36. The molecular formula is C3H6O4P-. The Morgan fingerprint density at radius 1 is 1.88 bits per heavy atom. The standard InChI is InChI=1S/C3H7O4P/c1-2-3(7-2)8(4,5)6/h2-3H,1H3,(H2,4,5,6)/p-1. The molecule has 0 aromatic rings. The molecule has 1 N–H and O–H groups in total. The van der Waals surface area contributed by atoms with Crippen LogP contribution in [0.5, 0.6) is 0 Å². The fraction of sp³-hybridized carbons (Fsp3) is 1.00. The van der Waals surface area contributed by atoms with Crippen LogP contribution in [0, 0.1) is 0 Å². The van der Waals surface area contributed by atoms with Gasteiger partial charge < -0.3 is 19.1 Å². The number of epoxide rings is 1. The maximum Gasteiger partial charge on any atom is 0.163 e. The van der Waals surface area contributed by atoms with E-state index in [2.05, 4.69) is 4.74 Å². The van der Waals surface area contributed by atoms with Gasteiger partial charge in [0, 0.05) is 0 Å². The fourth-order valence-electron chi connectivity index (χ4n) is 0.517. The minimum Gasteiger partial charge on any atom is -0.777 e. The van der Waals surface area contributed by atoms with Crippen LogP contribution < -0.4 is 4.89 Å². The Morgan fingerprint density at radius 3 is 2.25 bits per heavy atom. The third kappa shape index (κ3) is 1.09. The third-order valence-electron chi connectivity index (χ3n) is 1.00. The lowest BCUT2D eigenvalue weighted by molar-refractivity contribution is -0.195. The predicted molar refractivity (Wildman–Crippen MR) is 24.2 cm³/mol. The average molecular weight is 137 g/mol. The zero-order valence-corrected chi connectivity index (χ0v) is 5.17. The van der Waals surface area contributed by atoms with Gasteiger partial charge in [0.2, 0.25) is 0 Å². The Hall–Kier alpha value is 0.110. The first-order valence-corrected chi connectivity index (χ1v) is 3.85. The largest absolute Gasteiger partial charge is 0.777 e. The Balaban J connectivity index is 2.52. The third-order valence-corrected chi connectivity index (χ3v) is 2.19. The van der Waals surface area contributed by atoms with E-state index in [1.807, 2.05) is 0 Å². The first kappa shape index (κ1) is 6.23. The van der Waals surface area contributed by atoms with E-state index in [-0.39, 0.29) is 6.10 Å². The Morgan fingerprint density at radius 2 is 2.25 bits per heavy atom. The number of hydrogen-bond acceptors (Lipinski definition) is 3. The van der Waals surface area contributed by atoms with Crippen molar-refractivity contribution in [1.82, 2.24) is 0 Å². The van der Waals surface area contributed by atoms with Crippen molar-refractivity contribution < 1.29 is 19.1 Å². The van der Waals surface area contributed by atoms with Crippen molar-refractivity contribution >= 4 is 7.60 Å². The Kier molecular flexibility index (Phi) is 1.20. The highest BCUT2D eigenvalue weighted by Crippen LogP contribution is 2.49. The van der Waals surface area contributed by atoms with E-state index in [1.54, 1.807) is 6.92 Å². The van der Waals surface area contributed by atoms with E-state index in [0.717, 1.165) is 0 Å². The van der Waals surface area contributed by atoms with E-state index in [1.165, 1.54) is 0 Å². The molecule has 0 bridgehead atoms. The molecule has 0 amide bonds. The summed E-state index contributed by atoms with van der Waals surface area (Å²) in [6, 6.07) is 0. The monoisotopic (exact) mass is 137 g/mol. The second kappa shape index (κ2) is 1.54. The summed E-state index contributed by atoms with van der Waals surface area (Å²) in [5, 5.41) is 0. The SMILES string of the molecule is CC1OC1P(=O)([O-])O. The van der Waals surface area contributed by atoms with E-state index in [0.29, 0.717) is 0 Å². The van der Waals surface area contributed by atoms with Gasteiger partial charge in [-0.3, -0.25) is 0 Å². The molecule has 0 aromatic carbocycles. The van der Waals surface area contributed by atoms with Crippen molar-refractivity contribution in [2.45, 2.75) is 18.9 Å². The molecule has 0 aromatic heterocycles. The maximum atomic E-state index is 10.1. The molecule has 0 saturated carbocycles. The molecule has 0 radical (unpaired) electrons. The van der Waals surface area contributed by atoms with Gasteiger partial charge >= 0.3 is 0 Å². The summed E-state index contributed by atoms with van der Waals surface area (Å²) in [5.41, 5.74) is 0. The van der Waals surface area contributed by atoms with Crippen molar-refractivity contribution in [3.63, 3.8) is 0 Å². The lowest BCUT2D eigenvalue weighted by atomic mass is 10.6. The fourth-order valence-corrected chi connectivity index (χ4v) is 1.39. The topological polar surface area (TPSA) is 72.9 Å². The van der Waals surface area contributed by atoms with E-state index in [9.17, 15) is 9.46 Å². The van der Waals surface area contributed by atoms with Crippen molar-refractivity contribution in [3.05, 3.63) is 0 Å². The van der Waals surface area contributed by atoms with Crippen molar-refractivity contribution in [2.24, 2.45) is 0 Å². The minimum absolute atomic E-state index is 0.316. The average Bonchev–Trinajstić information content (AvgIpc) is 2.13. The highest BCUT2D eigenvalue weighted by molar-refractivity contribution is 7.51. The van der Waals surface area contributed by atoms with Gasteiger partial charge in [0.15, 0.2) is 7.60 Å². The van der Waals surface area contributed by atoms with Crippen LogP contribution in [0.4, 0.5) is 0 Å². The Labute approximate surface area is 46.6 Å². The molecule has 3 atom stereocenters. The van der Waals surface area contributed by atoms with Crippen LogP contribution in [0.15, 0.2) is 0 Å². The summed E-state index contributed by atoms with van der Waals surface area (Å²) >= 11 is 0. The molecule has 1 heterocycles. The molecule has 5 heteroatoms. The summed E-state index contributed by atoms with van der Waals surface area (Å²) in [4.78, 5) is 18.3. The molecule has 1 fully saturated rings. The molecule has 4 nitrogen and oxygen atoms in total. The van der Waals surface area contributed by atoms with Crippen LogP contribution >= 0.6 is 7.60 Å². The van der Waals surface area contributed by atoms with Crippen LogP contribution in [-0.2, 0) is 9.30 Å². The molecular weight excluding hydrogens is 131 g/mol. The summed E-state index contributed by atoms with van der Waals surface area (Å²) in [7, 11) is -4.15. The first-order valence-electron chi connectivity index (χ1n) is 2.21. The Bertz CT molecular complexity index is 138. The lowest BCUT2D eigenvalue weighted by Crippen LogP contribution is -2.05. The van der Waals surface area contributed by atoms with Crippen LogP contribution in [0.1, 0.15) is 6.92 Å². The summed E-state index contributed by atoms with van der Waals surface area (Å²) in [5.74, 6) is -0.928. The van der Waals surface area contributed by atoms with Crippen LogP contribution in [-0.4, -0.2) is 16.8 Å². The van der Waals surface area contributed by atoms with Crippen LogP contribution in [0.3, 0.4) is 0 Å². The molecule has 8 heavy (non-hydrogen) atoms. The molecule has 1 aliphatic rings. The summed E-state index contributed by atoms with van der Waals surface area (Å²) in [6.45, 7) is 1.59. The smallest absolute Gasteiger partial charge is 0.163 e. The first-order chi connectivity index (χ1) is 3.52. The van der Waals surface area contributed by atoms with Crippen LogP contribution in [0.2, 0.25) is 0 Å². The van der Waals surface area contributed by atoms with Crippen molar-refractivity contribution in [3.8, 4) is 0 Å². The second-order valence-electron chi connectivity index (χ2n) is 1.80. The molecule has 1 saturated heterocycles. The normalized spacial score (nSPS) is 43.4. The maximum absolute atomic E-state index is 10.1. The number of rotatable bonds is 1. The molecule has 0 spiro atoms. The molecule has 48 valence electrons. The van der Waals surface area contributed by atoms with Crippen molar-refractivity contribution in [1.29, 1.82) is 0 Å². The van der Waals surface area contributed by atoms with Gasteiger partial charge in [-0.05, 0) is 6.92 Å². The summed E-state index contributed by atoms with van der Waals surface area (Å²) < 4.78 is 14.5. The van der Waals surface area contributed by atoms with Gasteiger partial charge in [0.25, 0.3) is 0 Å². The highest BCUT2D eigenvalue weighted by Gasteiger charge is 2.42. The predicted octanol–water partition coefficient (Wildman–Crippen LogP) is -0.723. The number of hydrogen-bond donors (Lipinski definition) is 1. The second-order valence-corrected chi connectivity index (χ2v) is 3.43. The lowest BCUT2D eigenvalue weighted by Gasteiger charge is -2.10.